The normalized spacial score (nSPS) is 16.1. The van der Waals surface area contributed by atoms with Crippen LogP contribution in [0.4, 0.5) is 17.1 Å². The molecular weight excluding hydrogens is 703 g/mol. The highest BCUT2D eigenvalue weighted by molar-refractivity contribution is 5.98. The van der Waals surface area contributed by atoms with E-state index in [1.165, 1.54) is 77.5 Å². The second-order valence-electron chi connectivity index (χ2n) is 16.4. The van der Waals surface area contributed by atoms with Gasteiger partial charge in [0.05, 0.1) is 5.41 Å². The Labute approximate surface area is 339 Å². The maximum Gasteiger partial charge on any atom is 0.132 e. The minimum Gasteiger partial charge on any atom is -0.457 e. The van der Waals surface area contributed by atoms with Crippen LogP contribution in [-0.2, 0) is 10.8 Å². The molecule has 0 fully saturated rings. The van der Waals surface area contributed by atoms with Gasteiger partial charge in [-0.3, -0.25) is 0 Å². The summed E-state index contributed by atoms with van der Waals surface area (Å²) in [5, 5.41) is 2.43. The Bertz CT molecular complexity index is 3120. The van der Waals surface area contributed by atoms with E-state index in [4.69, 9.17) is 4.74 Å². The summed E-state index contributed by atoms with van der Waals surface area (Å²) in [6.07, 6.45) is 0. The number of para-hydroxylation sites is 2. The molecule has 1 atom stereocenters. The molecule has 1 heterocycles. The van der Waals surface area contributed by atoms with E-state index in [9.17, 15) is 0 Å². The highest BCUT2D eigenvalue weighted by Crippen LogP contribution is 2.63. The third kappa shape index (κ3) is 4.49. The van der Waals surface area contributed by atoms with Gasteiger partial charge in [-0.2, -0.15) is 0 Å². The van der Waals surface area contributed by atoms with Crippen molar-refractivity contribution in [1.82, 2.24) is 0 Å². The topological polar surface area (TPSA) is 12.5 Å². The molecule has 2 nitrogen and oxygen atoms in total. The first kappa shape index (κ1) is 33.0. The van der Waals surface area contributed by atoms with Gasteiger partial charge in [0.25, 0.3) is 0 Å². The average molecular weight is 742 g/mol. The van der Waals surface area contributed by atoms with E-state index >= 15 is 0 Å². The van der Waals surface area contributed by atoms with Crippen molar-refractivity contribution in [2.24, 2.45) is 0 Å². The van der Waals surface area contributed by atoms with Gasteiger partial charge in [-0.25, -0.2) is 0 Å². The van der Waals surface area contributed by atoms with Gasteiger partial charge >= 0.3 is 0 Å². The Morgan fingerprint density at radius 1 is 0.379 bits per heavy atom. The summed E-state index contributed by atoms with van der Waals surface area (Å²) in [5.74, 6) is 1.83. The maximum atomic E-state index is 6.73. The Kier molecular flexibility index (Phi) is 6.93. The molecule has 58 heavy (non-hydrogen) atoms. The Morgan fingerprint density at radius 3 is 1.81 bits per heavy atom. The lowest BCUT2D eigenvalue weighted by Crippen LogP contribution is -2.32. The second-order valence-corrected chi connectivity index (χ2v) is 16.4. The van der Waals surface area contributed by atoms with Gasteiger partial charge in [0, 0.05) is 33.6 Å². The highest BCUT2D eigenvalue weighted by Gasteiger charge is 2.52. The highest BCUT2D eigenvalue weighted by atomic mass is 16.5. The van der Waals surface area contributed by atoms with E-state index in [1.807, 2.05) is 0 Å². The number of ether oxygens (including phenoxy) is 1. The predicted octanol–water partition coefficient (Wildman–Crippen LogP) is 14.8. The van der Waals surface area contributed by atoms with Crippen LogP contribution in [0.25, 0.3) is 44.2 Å². The van der Waals surface area contributed by atoms with E-state index in [0.29, 0.717) is 0 Å². The van der Waals surface area contributed by atoms with E-state index in [0.717, 1.165) is 28.6 Å². The zero-order chi connectivity index (χ0) is 38.6. The fraction of sp³-hybridized carbons (Fsp3) is 0.0714. The summed E-state index contributed by atoms with van der Waals surface area (Å²) in [4.78, 5) is 2.39. The lowest BCUT2D eigenvalue weighted by atomic mass is 9.65. The minimum atomic E-state index is -0.526. The van der Waals surface area contributed by atoms with Crippen LogP contribution < -0.4 is 9.64 Å². The fourth-order valence-corrected chi connectivity index (χ4v) is 10.5. The number of benzene rings is 9. The molecule has 0 radical (unpaired) electrons. The Morgan fingerprint density at radius 2 is 0.983 bits per heavy atom. The summed E-state index contributed by atoms with van der Waals surface area (Å²) in [7, 11) is 0. The van der Waals surface area contributed by atoms with E-state index in [1.54, 1.807) is 0 Å². The van der Waals surface area contributed by atoms with Gasteiger partial charge in [-0.1, -0.05) is 159 Å². The third-order valence-electron chi connectivity index (χ3n) is 13.1. The molecule has 0 aromatic heterocycles. The van der Waals surface area contributed by atoms with Crippen molar-refractivity contribution in [1.29, 1.82) is 0 Å². The van der Waals surface area contributed by atoms with Crippen LogP contribution in [-0.4, -0.2) is 0 Å². The number of hydrogen-bond donors (Lipinski definition) is 0. The summed E-state index contributed by atoms with van der Waals surface area (Å²) < 4.78 is 6.73. The fourth-order valence-electron chi connectivity index (χ4n) is 10.5. The molecule has 0 amide bonds. The van der Waals surface area contributed by atoms with Crippen LogP contribution in [0.1, 0.15) is 47.2 Å². The summed E-state index contributed by atoms with van der Waals surface area (Å²) in [5.41, 5.74) is 18.1. The van der Waals surface area contributed by atoms with Crippen molar-refractivity contribution in [2.45, 2.75) is 24.7 Å². The summed E-state index contributed by atoms with van der Waals surface area (Å²) >= 11 is 0. The first-order valence-corrected chi connectivity index (χ1v) is 20.3. The summed E-state index contributed by atoms with van der Waals surface area (Å²) in [6, 6.07) is 73.5. The molecule has 274 valence electrons. The average Bonchev–Trinajstić information content (AvgIpc) is 3.69. The minimum absolute atomic E-state index is 0.0825. The first-order valence-electron chi connectivity index (χ1n) is 20.3. The van der Waals surface area contributed by atoms with Gasteiger partial charge in [0.2, 0.25) is 0 Å². The largest absolute Gasteiger partial charge is 0.457 e. The smallest absolute Gasteiger partial charge is 0.132 e. The molecule has 0 N–H and O–H groups in total. The van der Waals surface area contributed by atoms with Gasteiger partial charge in [0.15, 0.2) is 0 Å². The van der Waals surface area contributed by atoms with Gasteiger partial charge in [-0.05, 0) is 121 Å². The standard InChI is InChI=1S/C56H39NO/c1-55(2)47-20-10-8-18-43(47)45-31-30-41(35-51(45)55)57(39-15-4-3-5-16-39)40-28-24-36(25-29-40)38-26-32-49-46(34-38)44-19-9-11-21-48(44)56(49)50-22-12-13-23-52(50)58-53-33-27-37-14-6-7-17-42(37)54(53)56/h3-35H,1-2H3. The van der Waals surface area contributed by atoms with E-state index in [-0.39, 0.29) is 5.41 Å². The number of nitrogens with zero attached hydrogens (tertiary/aromatic N) is 1. The molecule has 0 saturated heterocycles. The molecule has 9 aromatic carbocycles. The quantitative estimate of drug-likeness (QED) is 0.178. The lowest BCUT2D eigenvalue weighted by molar-refractivity contribution is 0.438. The second kappa shape index (κ2) is 12.2. The molecular formula is C56H39NO. The number of rotatable bonds is 4. The van der Waals surface area contributed by atoms with Crippen LogP contribution in [0.15, 0.2) is 200 Å². The SMILES string of the molecule is CC1(C)c2ccccc2-c2ccc(N(c3ccccc3)c3ccc(-c4ccc5c(c4)-c4ccccc4C54c5ccccc5Oc5ccc6ccccc6c54)cc3)cc21. The molecule has 9 aromatic rings. The number of hydrogen-bond acceptors (Lipinski definition) is 2. The molecule has 12 rings (SSSR count). The monoisotopic (exact) mass is 741 g/mol. The zero-order valence-electron chi connectivity index (χ0n) is 32.4. The lowest BCUT2D eigenvalue weighted by Gasteiger charge is -2.40. The molecule has 0 saturated carbocycles. The number of fused-ring (bicyclic) bond motifs is 14. The van der Waals surface area contributed by atoms with E-state index in [2.05, 4.69) is 219 Å². The van der Waals surface area contributed by atoms with Gasteiger partial charge < -0.3 is 9.64 Å². The molecule has 2 heteroatoms. The van der Waals surface area contributed by atoms with Crippen LogP contribution in [0, 0.1) is 0 Å². The first-order chi connectivity index (χ1) is 28.5. The number of anilines is 3. The van der Waals surface area contributed by atoms with Crippen LogP contribution in [0.2, 0.25) is 0 Å². The van der Waals surface area contributed by atoms with E-state index < -0.39 is 5.41 Å². The molecule has 1 spiro atoms. The molecule has 3 aliphatic rings. The van der Waals surface area contributed by atoms with Crippen molar-refractivity contribution in [3.05, 3.63) is 234 Å². The van der Waals surface area contributed by atoms with Crippen molar-refractivity contribution < 1.29 is 4.74 Å². The van der Waals surface area contributed by atoms with Crippen LogP contribution >= 0.6 is 0 Å². The van der Waals surface area contributed by atoms with Crippen molar-refractivity contribution >= 4 is 27.8 Å². The Balaban J connectivity index is 0.992. The van der Waals surface area contributed by atoms with Crippen molar-refractivity contribution in [3.8, 4) is 44.9 Å². The predicted molar refractivity (Wildman–Crippen MR) is 239 cm³/mol. The summed E-state index contributed by atoms with van der Waals surface area (Å²) in [6.45, 7) is 4.70. The van der Waals surface area contributed by atoms with Crippen molar-refractivity contribution in [2.75, 3.05) is 4.90 Å². The molecule has 1 unspecified atom stereocenters. The van der Waals surface area contributed by atoms with Crippen LogP contribution in [0.5, 0.6) is 11.5 Å². The van der Waals surface area contributed by atoms with Gasteiger partial charge in [-0.15, -0.1) is 0 Å². The van der Waals surface area contributed by atoms with Gasteiger partial charge in [0.1, 0.15) is 11.5 Å². The Hall–Kier alpha value is -7.16. The third-order valence-corrected chi connectivity index (χ3v) is 13.1. The molecule has 2 aliphatic carbocycles. The van der Waals surface area contributed by atoms with Crippen molar-refractivity contribution in [3.63, 3.8) is 0 Å². The maximum absolute atomic E-state index is 6.73. The molecule has 1 aliphatic heterocycles. The van der Waals surface area contributed by atoms with Crippen LogP contribution in [0.3, 0.4) is 0 Å². The molecule has 0 bridgehead atoms. The zero-order valence-corrected chi connectivity index (χ0v) is 32.4.